The van der Waals surface area contributed by atoms with E-state index in [0.29, 0.717) is 17.8 Å². The second-order valence-corrected chi connectivity index (χ2v) is 5.17. The average molecular weight is 320 g/mol. The number of aromatic nitrogens is 1. The minimum absolute atomic E-state index is 0.109. The summed E-state index contributed by atoms with van der Waals surface area (Å²) in [5.74, 6) is -0.109. The highest BCUT2D eigenvalue weighted by atomic mass is 79.9. The van der Waals surface area contributed by atoms with Gasteiger partial charge in [0.15, 0.2) is 0 Å². The zero-order valence-electron chi connectivity index (χ0n) is 10.5. The second kappa shape index (κ2) is 5.84. The van der Waals surface area contributed by atoms with Crippen molar-refractivity contribution in [2.75, 3.05) is 12.8 Å². The van der Waals surface area contributed by atoms with E-state index in [4.69, 9.17) is 5.73 Å². The molecule has 1 aromatic carbocycles. The monoisotopic (exact) mass is 319 g/mol. The lowest BCUT2D eigenvalue weighted by molar-refractivity contribution is 0.0786. The maximum Gasteiger partial charge on any atom is 0.256 e. The van der Waals surface area contributed by atoms with Crippen LogP contribution in [-0.4, -0.2) is 22.8 Å². The Labute approximate surface area is 120 Å². The smallest absolute Gasteiger partial charge is 0.256 e. The van der Waals surface area contributed by atoms with Gasteiger partial charge in [-0.2, -0.15) is 0 Å². The SMILES string of the molecule is CN(Cc1cccnc1)C(=O)c1cc(Br)ccc1N. The summed E-state index contributed by atoms with van der Waals surface area (Å²) in [6.45, 7) is 0.499. The number of amides is 1. The predicted molar refractivity (Wildman–Crippen MR) is 78.6 cm³/mol. The van der Waals surface area contributed by atoms with Crippen LogP contribution in [0.15, 0.2) is 47.2 Å². The van der Waals surface area contributed by atoms with Crippen LogP contribution in [-0.2, 0) is 6.54 Å². The number of halogens is 1. The van der Waals surface area contributed by atoms with Crippen LogP contribution in [0.25, 0.3) is 0 Å². The summed E-state index contributed by atoms with van der Waals surface area (Å²) in [4.78, 5) is 18.0. The summed E-state index contributed by atoms with van der Waals surface area (Å²) < 4.78 is 0.833. The molecule has 5 heteroatoms. The first-order valence-electron chi connectivity index (χ1n) is 5.77. The minimum atomic E-state index is -0.109. The zero-order chi connectivity index (χ0) is 13.8. The number of carbonyl (C=O) groups is 1. The van der Waals surface area contributed by atoms with Gasteiger partial charge in [-0.25, -0.2) is 0 Å². The number of nitrogens with two attached hydrogens (primary N) is 1. The normalized spacial score (nSPS) is 10.2. The highest BCUT2D eigenvalue weighted by Crippen LogP contribution is 2.20. The molecule has 2 rings (SSSR count). The lowest BCUT2D eigenvalue weighted by atomic mass is 10.1. The summed E-state index contributed by atoms with van der Waals surface area (Å²) in [6, 6.07) is 9.04. The van der Waals surface area contributed by atoms with Gasteiger partial charge in [0.1, 0.15) is 0 Å². The topological polar surface area (TPSA) is 59.2 Å². The Morgan fingerprint density at radius 1 is 1.42 bits per heavy atom. The van der Waals surface area contributed by atoms with Crippen LogP contribution in [0.4, 0.5) is 5.69 Å². The first-order chi connectivity index (χ1) is 9.08. The van der Waals surface area contributed by atoms with Crippen molar-refractivity contribution in [2.24, 2.45) is 0 Å². The van der Waals surface area contributed by atoms with E-state index in [9.17, 15) is 4.79 Å². The summed E-state index contributed by atoms with van der Waals surface area (Å²) in [5, 5.41) is 0. The largest absolute Gasteiger partial charge is 0.398 e. The molecule has 0 aliphatic rings. The molecule has 1 aromatic heterocycles. The number of pyridine rings is 1. The number of hydrogen-bond acceptors (Lipinski definition) is 3. The lowest BCUT2D eigenvalue weighted by Gasteiger charge is -2.18. The third-order valence-corrected chi connectivity index (χ3v) is 3.23. The van der Waals surface area contributed by atoms with Crippen molar-refractivity contribution >= 4 is 27.5 Å². The van der Waals surface area contributed by atoms with Gasteiger partial charge in [-0.1, -0.05) is 22.0 Å². The molecule has 0 aliphatic heterocycles. The highest BCUT2D eigenvalue weighted by Gasteiger charge is 2.15. The van der Waals surface area contributed by atoms with Gasteiger partial charge in [0.25, 0.3) is 5.91 Å². The molecule has 0 saturated heterocycles. The number of carbonyl (C=O) groups excluding carboxylic acids is 1. The minimum Gasteiger partial charge on any atom is -0.398 e. The Balaban J connectivity index is 2.17. The lowest BCUT2D eigenvalue weighted by Crippen LogP contribution is -2.27. The van der Waals surface area contributed by atoms with Crippen molar-refractivity contribution in [3.05, 3.63) is 58.3 Å². The summed E-state index contributed by atoms with van der Waals surface area (Å²) in [5.41, 5.74) is 7.80. The van der Waals surface area contributed by atoms with Gasteiger partial charge in [0, 0.05) is 36.1 Å². The summed E-state index contributed by atoms with van der Waals surface area (Å²) in [6.07, 6.45) is 3.45. The van der Waals surface area contributed by atoms with Crippen LogP contribution in [0, 0.1) is 0 Å². The fraction of sp³-hybridized carbons (Fsp3) is 0.143. The quantitative estimate of drug-likeness (QED) is 0.885. The molecule has 0 radical (unpaired) electrons. The van der Waals surface area contributed by atoms with Gasteiger partial charge in [-0.15, -0.1) is 0 Å². The van der Waals surface area contributed by atoms with Gasteiger partial charge in [0.05, 0.1) is 5.56 Å². The predicted octanol–water partition coefficient (Wildman–Crippen LogP) is 2.70. The molecule has 0 fully saturated rings. The van der Waals surface area contributed by atoms with Crippen LogP contribution in [0.2, 0.25) is 0 Å². The molecular formula is C14H14BrN3O. The molecule has 19 heavy (non-hydrogen) atoms. The average Bonchev–Trinajstić information content (AvgIpc) is 2.42. The van der Waals surface area contributed by atoms with E-state index in [1.807, 2.05) is 18.2 Å². The molecule has 0 spiro atoms. The van der Waals surface area contributed by atoms with Crippen molar-refractivity contribution in [3.8, 4) is 0 Å². The first kappa shape index (κ1) is 13.5. The maximum absolute atomic E-state index is 12.3. The Hall–Kier alpha value is -1.88. The molecule has 0 bridgehead atoms. The number of nitrogen functional groups attached to an aromatic ring is 1. The summed E-state index contributed by atoms with van der Waals surface area (Å²) >= 11 is 3.34. The van der Waals surface area contributed by atoms with E-state index in [1.54, 1.807) is 36.5 Å². The van der Waals surface area contributed by atoms with E-state index in [0.717, 1.165) is 10.0 Å². The molecule has 98 valence electrons. The molecule has 0 unspecified atom stereocenters. The number of nitrogens with zero attached hydrogens (tertiary/aromatic N) is 2. The van der Waals surface area contributed by atoms with Crippen LogP contribution < -0.4 is 5.73 Å². The Morgan fingerprint density at radius 2 is 2.21 bits per heavy atom. The third kappa shape index (κ3) is 3.32. The van der Waals surface area contributed by atoms with Crippen molar-refractivity contribution in [3.63, 3.8) is 0 Å². The van der Waals surface area contributed by atoms with Gasteiger partial charge < -0.3 is 10.6 Å². The standard InChI is InChI=1S/C14H14BrN3O/c1-18(9-10-3-2-6-17-8-10)14(19)12-7-11(15)4-5-13(12)16/h2-8H,9,16H2,1H3. The number of hydrogen-bond donors (Lipinski definition) is 1. The van der Waals surface area contributed by atoms with Crippen molar-refractivity contribution in [1.29, 1.82) is 0 Å². The molecular weight excluding hydrogens is 306 g/mol. The number of benzene rings is 1. The first-order valence-corrected chi connectivity index (χ1v) is 6.56. The number of rotatable bonds is 3. The molecule has 0 aliphatic carbocycles. The molecule has 0 saturated carbocycles. The molecule has 2 aromatic rings. The van der Waals surface area contributed by atoms with Gasteiger partial charge in [-0.3, -0.25) is 9.78 Å². The van der Waals surface area contributed by atoms with E-state index >= 15 is 0 Å². The summed E-state index contributed by atoms with van der Waals surface area (Å²) in [7, 11) is 1.75. The maximum atomic E-state index is 12.3. The van der Waals surface area contributed by atoms with Gasteiger partial charge in [0.2, 0.25) is 0 Å². The molecule has 4 nitrogen and oxygen atoms in total. The van der Waals surface area contributed by atoms with Crippen molar-refractivity contribution in [1.82, 2.24) is 9.88 Å². The fourth-order valence-corrected chi connectivity index (χ4v) is 2.12. The van der Waals surface area contributed by atoms with Gasteiger partial charge in [-0.05, 0) is 29.8 Å². The molecule has 0 atom stereocenters. The fourth-order valence-electron chi connectivity index (χ4n) is 1.76. The second-order valence-electron chi connectivity index (χ2n) is 4.25. The Morgan fingerprint density at radius 3 is 2.89 bits per heavy atom. The van der Waals surface area contributed by atoms with Crippen LogP contribution >= 0.6 is 15.9 Å². The molecule has 1 amide bonds. The van der Waals surface area contributed by atoms with E-state index in [1.165, 1.54) is 0 Å². The third-order valence-electron chi connectivity index (χ3n) is 2.73. The number of anilines is 1. The highest BCUT2D eigenvalue weighted by molar-refractivity contribution is 9.10. The molecule has 1 heterocycles. The van der Waals surface area contributed by atoms with Crippen LogP contribution in [0.3, 0.4) is 0 Å². The van der Waals surface area contributed by atoms with Crippen LogP contribution in [0.5, 0.6) is 0 Å². The van der Waals surface area contributed by atoms with Crippen molar-refractivity contribution in [2.45, 2.75) is 6.54 Å². The Kier molecular flexibility index (Phi) is 4.16. The zero-order valence-corrected chi connectivity index (χ0v) is 12.1. The van der Waals surface area contributed by atoms with E-state index in [2.05, 4.69) is 20.9 Å². The van der Waals surface area contributed by atoms with Gasteiger partial charge >= 0.3 is 0 Å². The van der Waals surface area contributed by atoms with Crippen LogP contribution in [0.1, 0.15) is 15.9 Å². The van der Waals surface area contributed by atoms with E-state index < -0.39 is 0 Å². The van der Waals surface area contributed by atoms with Crippen molar-refractivity contribution < 1.29 is 4.79 Å². The molecule has 2 N–H and O–H groups in total. The Bertz CT molecular complexity index is 586. The van der Waals surface area contributed by atoms with E-state index in [-0.39, 0.29) is 5.91 Å².